The first-order chi connectivity index (χ1) is 8.21. The lowest BCUT2D eigenvalue weighted by atomic mass is 10.0. The Balaban J connectivity index is 2.63. The Hall–Kier alpha value is -0.820. The zero-order valence-electron chi connectivity index (χ0n) is 10.6. The van der Waals surface area contributed by atoms with Gasteiger partial charge in [0.05, 0.1) is 6.42 Å². The average molecular weight is 268 g/mol. The number of carboxylic acids is 1. The first kappa shape index (κ1) is 15.2. The molecule has 0 aliphatic carbocycles. The number of alkyl halides is 3. The Bertz CT molecular complexity index is 287. The van der Waals surface area contributed by atoms with Crippen molar-refractivity contribution in [3.05, 3.63) is 0 Å². The maximum Gasteiger partial charge on any atom is 0.404 e. The Labute approximate surface area is 104 Å². The average Bonchev–Trinajstić information content (AvgIpc) is 2.24. The van der Waals surface area contributed by atoms with Gasteiger partial charge in [-0.15, -0.1) is 0 Å². The van der Waals surface area contributed by atoms with E-state index in [0.717, 1.165) is 0 Å². The summed E-state index contributed by atoms with van der Waals surface area (Å²) >= 11 is 0. The normalized spacial score (nSPS) is 21.2. The van der Waals surface area contributed by atoms with Crippen LogP contribution in [0.3, 0.4) is 0 Å². The van der Waals surface area contributed by atoms with E-state index in [-0.39, 0.29) is 6.04 Å². The number of rotatable bonds is 4. The molecule has 1 aliphatic rings. The van der Waals surface area contributed by atoms with E-state index in [1.165, 1.54) is 4.90 Å². The van der Waals surface area contributed by atoms with Crippen LogP contribution in [-0.2, 0) is 4.79 Å². The van der Waals surface area contributed by atoms with Gasteiger partial charge in [-0.25, -0.2) is 0 Å². The van der Waals surface area contributed by atoms with E-state index in [4.69, 9.17) is 5.11 Å². The largest absolute Gasteiger partial charge is 0.481 e. The van der Waals surface area contributed by atoms with Crippen molar-refractivity contribution in [1.82, 2.24) is 9.80 Å². The monoisotopic (exact) mass is 268 g/mol. The summed E-state index contributed by atoms with van der Waals surface area (Å²) in [6.45, 7) is 0.584. The standard InChI is InChI=1S/C11H19F3N2O2/c1-15(2)8-3-5-16(6-4-8)9(7-10(17)18)11(12,13)14/h8-9H,3-7H2,1-2H3,(H,17,18). The van der Waals surface area contributed by atoms with Crippen LogP contribution >= 0.6 is 0 Å². The van der Waals surface area contributed by atoms with Gasteiger partial charge in [-0.2, -0.15) is 13.2 Å². The van der Waals surface area contributed by atoms with Crippen LogP contribution in [0.2, 0.25) is 0 Å². The lowest BCUT2D eigenvalue weighted by molar-refractivity contribution is -0.193. The minimum Gasteiger partial charge on any atom is -0.481 e. The third-order valence-corrected chi connectivity index (χ3v) is 3.42. The topological polar surface area (TPSA) is 43.8 Å². The van der Waals surface area contributed by atoms with Gasteiger partial charge in [0.15, 0.2) is 0 Å². The molecule has 106 valence electrons. The number of piperidine rings is 1. The van der Waals surface area contributed by atoms with E-state index in [1.807, 2.05) is 19.0 Å². The summed E-state index contributed by atoms with van der Waals surface area (Å²) in [5.74, 6) is -1.41. The van der Waals surface area contributed by atoms with Gasteiger partial charge in [0.1, 0.15) is 6.04 Å². The van der Waals surface area contributed by atoms with E-state index in [0.29, 0.717) is 25.9 Å². The van der Waals surface area contributed by atoms with Crippen LogP contribution in [0.4, 0.5) is 13.2 Å². The fourth-order valence-electron chi connectivity index (χ4n) is 2.33. The summed E-state index contributed by atoms with van der Waals surface area (Å²) in [5.41, 5.74) is 0. The molecule has 0 radical (unpaired) electrons. The molecule has 7 heteroatoms. The number of carboxylic acid groups (broad SMARTS) is 1. The number of aliphatic carboxylic acids is 1. The van der Waals surface area contributed by atoms with Crippen molar-refractivity contribution in [2.45, 2.75) is 37.5 Å². The molecular formula is C11H19F3N2O2. The van der Waals surface area contributed by atoms with Crippen molar-refractivity contribution >= 4 is 5.97 Å². The second kappa shape index (κ2) is 5.88. The maximum absolute atomic E-state index is 12.8. The number of likely N-dealkylation sites (tertiary alicyclic amines) is 1. The summed E-state index contributed by atoms with van der Waals surface area (Å²) in [5, 5.41) is 8.58. The van der Waals surface area contributed by atoms with Gasteiger partial charge in [0.2, 0.25) is 0 Å². The molecule has 1 fully saturated rings. The first-order valence-corrected chi connectivity index (χ1v) is 5.90. The second-order valence-electron chi connectivity index (χ2n) is 4.89. The highest BCUT2D eigenvalue weighted by Crippen LogP contribution is 2.30. The molecule has 1 unspecified atom stereocenters. The number of halogens is 3. The second-order valence-corrected chi connectivity index (χ2v) is 4.89. The molecule has 0 aromatic rings. The SMILES string of the molecule is CN(C)C1CCN(C(CC(=O)O)C(F)(F)F)CC1. The quantitative estimate of drug-likeness (QED) is 0.837. The Morgan fingerprint density at radius 3 is 2.22 bits per heavy atom. The summed E-state index contributed by atoms with van der Waals surface area (Å²) in [7, 11) is 3.80. The Morgan fingerprint density at radius 1 is 1.39 bits per heavy atom. The zero-order valence-corrected chi connectivity index (χ0v) is 10.6. The van der Waals surface area contributed by atoms with Gasteiger partial charge in [0, 0.05) is 19.1 Å². The molecular weight excluding hydrogens is 249 g/mol. The molecule has 1 heterocycles. The minimum atomic E-state index is -4.48. The van der Waals surface area contributed by atoms with E-state index < -0.39 is 24.6 Å². The smallest absolute Gasteiger partial charge is 0.404 e. The number of nitrogens with zero attached hydrogens (tertiary/aromatic N) is 2. The highest BCUT2D eigenvalue weighted by Gasteiger charge is 2.45. The molecule has 18 heavy (non-hydrogen) atoms. The van der Waals surface area contributed by atoms with Gasteiger partial charge in [-0.3, -0.25) is 9.69 Å². The van der Waals surface area contributed by atoms with Crippen LogP contribution in [0, 0.1) is 0 Å². The van der Waals surface area contributed by atoms with Crippen molar-refractivity contribution in [2.75, 3.05) is 27.2 Å². The number of hydrogen-bond acceptors (Lipinski definition) is 3. The summed E-state index contributed by atoms with van der Waals surface area (Å²) in [4.78, 5) is 13.8. The van der Waals surface area contributed by atoms with E-state index in [2.05, 4.69) is 0 Å². The molecule has 1 aliphatic heterocycles. The molecule has 0 amide bonds. The maximum atomic E-state index is 12.8. The van der Waals surface area contributed by atoms with Crippen LogP contribution in [0.5, 0.6) is 0 Å². The predicted octanol–water partition coefficient (Wildman–Crippen LogP) is 1.42. The van der Waals surface area contributed by atoms with Crippen molar-refractivity contribution in [3.8, 4) is 0 Å². The Kier molecular flexibility index (Phi) is 4.98. The van der Waals surface area contributed by atoms with Crippen LogP contribution in [0.1, 0.15) is 19.3 Å². The Morgan fingerprint density at radius 2 is 1.89 bits per heavy atom. The van der Waals surface area contributed by atoms with Gasteiger partial charge in [0.25, 0.3) is 0 Å². The van der Waals surface area contributed by atoms with E-state index in [9.17, 15) is 18.0 Å². The summed E-state index contributed by atoms with van der Waals surface area (Å²) < 4.78 is 38.4. The van der Waals surface area contributed by atoms with Gasteiger partial charge in [-0.1, -0.05) is 0 Å². The van der Waals surface area contributed by atoms with Gasteiger partial charge in [-0.05, 0) is 26.9 Å². The third kappa shape index (κ3) is 4.13. The minimum absolute atomic E-state index is 0.278. The number of carbonyl (C=O) groups is 1. The number of hydrogen-bond donors (Lipinski definition) is 1. The molecule has 0 bridgehead atoms. The van der Waals surface area contributed by atoms with Gasteiger partial charge < -0.3 is 10.0 Å². The van der Waals surface area contributed by atoms with E-state index in [1.54, 1.807) is 0 Å². The highest BCUT2D eigenvalue weighted by atomic mass is 19.4. The van der Waals surface area contributed by atoms with Crippen LogP contribution in [-0.4, -0.2) is 66.3 Å². The first-order valence-electron chi connectivity index (χ1n) is 5.90. The molecule has 0 saturated carbocycles. The molecule has 0 aromatic carbocycles. The summed E-state index contributed by atoms with van der Waals surface area (Å²) in [6.07, 6.45) is -4.09. The van der Waals surface area contributed by atoms with Gasteiger partial charge >= 0.3 is 12.1 Å². The fourth-order valence-corrected chi connectivity index (χ4v) is 2.33. The van der Waals surface area contributed by atoms with Crippen molar-refractivity contribution in [2.24, 2.45) is 0 Å². The van der Waals surface area contributed by atoms with Crippen LogP contribution in [0.15, 0.2) is 0 Å². The highest BCUT2D eigenvalue weighted by molar-refractivity contribution is 5.67. The molecule has 1 atom stereocenters. The fraction of sp³-hybridized carbons (Fsp3) is 0.909. The third-order valence-electron chi connectivity index (χ3n) is 3.42. The lowest BCUT2D eigenvalue weighted by Crippen LogP contribution is -2.52. The predicted molar refractivity (Wildman–Crippen MR) is 60.4 cm³/mol. The van der Waals surface area contributed by atoms with Crippen LogP contribution < -0.4 is 0 Å². The van der Waals surface area contributed by atoms with E-state index >= 15 is 0 Å². The lowest BCUT2D eigenvalue weighted by Gasteiger charge is -2.39. The van der Waals surface area contributed by atoms with Crippen LogP contribution in [0.25, 0.3) is 0 Å². The molecule has 1 saturated heterocycles. The molecule has 0 spiro atoms. The molecule has 0 aromatic heterocycles. The van der Waals surface area contributed by atoms with Crippen molar-refractivity contribution in [1.29, 1.82) is 0 Å². The molecule has 1 N–H and O–H groups in total. The zero-order chi connectivity index (χ0) is 13.9. The molecule has 4 nitrogen and oxygen atoms in total. The van der Waals surface area contributed by atoms with Crippen molar-refractivity contribution in [3.63, 3.8) is 0 Å². The summed E-state index contributed by atoms with van der Waals surface area (Å²) in [6, 6.07) is -1.59. The van der Waals surface area contributed by atoms with Crippen molar-refractivity contribution < 1.29 is 23.1 Å². The molecule has 1 rings (SSSR count).